The second-order valence-electron chi connectivity index (χ2n) is 6.23. The summed E-state index contributed by atoms with van der Waals surface area (Å²) in [6.07, 6.45) is 14.1. The highest BCUT2D eigenvalue weighted by Gasteiger charge is 2.29. The largest absolute Gasteiger partial charge is 0.336 e. The second-order valence-corrected chi connectivity index (χ2v) is 7.53. The topological polar surface area (TPSA) is 77.4 Å². The Morgan fingerprint density at radius 2 is 1.88 bits per heavy atom. The van der Waals surface area contributed by atoms with Crippen LogP contribution in [0.15, 0.2) is 77.5 Å². The maximum atomic E-state index is 12.4. The van der Waals surface area contributed by atoms with E-state index in [9.17, 15) is 9.00 Å². The zero-order valence-corrected chi connectivity index (χ0v) is 21.2. The Bertz CT molecular complexity index is 763. The minimum absolute atomic E-state index is 0.0366. The van der Waals surface area contributed by atoms with E-state index in [2.05, 4.69) is 41.8 Å². The number of carbonyl (C=O) groups is 1. The fraction of sp³-hybridized carbons (Fsp3) is 0.400. The van der Waals surface area contributed by atoms with Crippen LogP contribution in [0.4, 0.5) is 0 Å². The zero-order chi connectivity index (χ0) is 25.5. The number of hydrogen-bond acceptors (Lipinski definition) is 4. The minimum Gasteiger partial charge on any atom is -0.336 e. The van der Waals surface area contributed by atoms with Gasteiger partial charge in [-0.3, -0.25) is 10.2 Å². The van der Waals surface area contributed by atoms with Crippen LogP contribution >= 0.6 is 0 Å². The molecule has 1 amide bonds. The average Bonchev–Trinajstić information content (AvgIpc) is 2.88. The van der Waals surface area contributed by atoms with Crippen molar-refractivity contribution < 1.29 is 9.00 Å². The lowest BCUT2D eigenvalue weighted by Crippen LogP contribution is -2.53. The molecule has 1 aromatic carbocycles. The van der Waals surface area contributed by atoms with Crippen molar-refractivity contribution in [3.05, 3.63) is 72.7 Å². The van der Waals surface area contributed by atoms with Crippen molar-refractivity contribution >= 4 is 16.9 Å². The summed E-state index contributed by atoms with van der Waals surface area (Å²) in [5.41, 5.74) is 3.42. The van der Waals surface area contributed by atoms with Gasteiger partial charge in [0.15, 0.2) is 0 Å². The lowest BCUT2D eigenvalue weighted by atomic mass is 10.1. The third-order valence-corrected chi connectivity index (χ3v) is 5.46. The van der Waals surface area contributed by atoms with Gasteiger partial charge in [-0.2, -0.15) is 5.11 Å². The Balaban J connectivity index is 0. The highest BCUT2D eigenvalue weighted by molar-refractivity contribution is 7.85. The zero-order valence-electron chi connectivity index (χ0n) is 20.4. The Kier molecular flexibility index (Phi) is 21.6. The number of hydrogen-bond donors (Lipinski definition) is 1. The van der Waals surface area contributed by atoms with Gasteiger partial charge in [0.25, 0.3) is 5.91 Å². The van der Waals surface area contributed by atoms with Crippen LogP contribution in [0.3, 0.4) is 0 Å². The van der Waals surface area contributed by atoms with Crippen molar-refractivity contribution in [2.75, 3.05) is 33.2 Å². The maximum absolute atomic E-state index is 12.4. The molecule has 0 bridgehead atoms. The minimum atomic E-state index is -1.17. The molecule has 1 saturated heterocycles. The number of rotatable bonds is 8. The van der Waals surface area contributed by atoms with Crippen molar-refractivity contribution in [1.82, 2.24) is 14.6 Å². The van der Waals surface area contributed by atoms with E-state index in [1.165, 1.54) is 0 Å². The Morgan fingerprint density at radius 3 is 2.39 bits per heavy atom. The molecule has 7 nitrogen and oxygen atoms in total. The third kappa shape index (κ3) is 13.9. The summed E-state index contributed by atoms with van der Waals surface area (Å²) < 4.78 is 14.0. The van der Waals surface area contributed by atoms with Gasteiger partial charge in [-0.25, -0.2) is 8.51 Å². The lowest BCUT2D eigenvalue weighted by Gasteiger charge is -2.38. The molecule has 1 aromatic rings. The first kappa shape index (κ1) is 32.2. The van der Waals surface area contributed by atoms with Gasteiger partial charge in [-0.1, -0.05) is 62.1 Å². The SMILES string of the molecule is C#C.C=C/C=C/S(=O)N1CCN(C(=O)c2ccccc2)CC1C.C=CCCNN=NC.CC. The fourth-order valence-electron chi connectivity index (χ4n) is 2.64. The summed E-state index contributed by atoms with van der Waals surface area (Å²) in [4.78, 5) is 14.2. The van der Waals surface area contributed by atoms with E-state index >= 15 is 0 Å². The number of nitrogens with zero attached hydrogens (tertiary/aromatic N) is 4. The monoisotopic (exact) mass is 473 g/mol. The second kappa shape index (κ2) is 22.2. The number of terminal acetylenes is 1. The van der Waals surface area contributed by atoms with Crippen molar-refractivity contribution in [3.8, 4) is 12.8 Å². The quantitative estimate of drug-likeness (QED) is 0.149. The van der Waals surface area contributed by atoms with Gasteiger partial charge >= 0.3 is 0 Å². The van der Waals surface area contributed by atoms with Crippen LogP contribution in [0, 0.1) is 12.8 Å². The standard InChI is InChI=1S/C16H20N2O2S.C5H11N3.C2H6.C2H2/c1-3-4-12-21(20)18-11-10-17(13-14(18)2)16(19)15-8-6-5-7-9-15;1-3-4-5-7-8-6-2;2*1-2/h3-9,12,14H,1,10-11,13H2,2H3;3H,1,4-5H2,2H3,(H,6,7);1-2H3;1-2H/b12-4+;;;. The summed E-state index contributed by atoms with van der Waals surface area (Å²) in [5.74, 6) is 0.0366. The number of carbonyl (C=O) groups excluding carboxylic acids is 1. The molecule has 0 saturated carbocycles. The van der Waals surface area contributed by atoms with Gasteiger partial charge in [0, 0.05) is 43.2 Å². The number of amides is 1. The number of nitrogens with one attached hydrogen (secondary N) is 1. The predicted molar refractivity (Wildman–Crippen MR) is 141 cm³/mol. The molecule has 33 heavy (non-hydrogen) atoms. The lowest BCUT2D eigenvalue weighted by molar-refractivity contribution is 0.0648. The van der Waals surface area contributed by atoms with E-state index in [-0.39, 0.29) is 11.9 Å². The van der Waals surface area contributed by atoms with Crippen molar-refractivity contribution in [2.45, 2.75) is 33.2 Å². The average molecular weight is 474 g/mol. The van der Waals surface area contributed by atoms with Gasteiger partial charge in [-0.15, -0.1) is 19.4 Å². The third-order valence-electron chi connectivity index (χ3n) is 4.07. The molecule has 2 unspecified atom stereocenters. The molecular weight excluding hydrogens is 434 g/mol. The molecule has 1 heterocycles. The van der Waals surface area contributed by atoms with Crippen molar-refractivity contribution in [2.24, 2.45) is 10.3 Å². The van der Waals surface area contributed by atoms with Gasteiger partial charge in [0.05, 0.1) is 7.05 Å². The van der Waals surface area contributed by atoms with Crippen molar-refractivity contribution in [3.63, 3.8) is 0 Å². The van der Waals surface area contributed by atoms with Gasteiger partial charge in [0.2, 0.25) is 0 Å². The first-order valence-corrected chi connectivity index (χ1v) is 12.0. The molecule has 0 aliphatic carbocycles. The van der Waals surface area contributed by atoms with E-state index in [1.807, 2.05) is 66.4 Å². The fourth-order valence-corrected chi connectivity index (χ4v) is 3.73. The molecule has 0 radical (unpaired) electrons. The normalized spacial score (nSPS) is 16.2. The summed E-state index contributed by atoms with van der Waals surface area (Å²) in [6.45, 7) is 15.7. The molecule has 1 aliphatic heterocycles. The molecule has 1 fully saturated rings. The smallest absolute Gasteiger partial charge is 0.253 e. The highest BCUT2D eigenvalue weighted by atomic mass is 32.2. The first-order valence-electron chi connectivity index (χ1n) is 10.8. The van der Waals surface area contributed by atoms with Crippen LogP contribution < -0.4 is 5.43 Å². The van der Waals surface area contributed by atoms with Gasteiger partial charge in [-0.05, 0) is 25.5 Å². The van der Waals surface area contributed by atoms with Crippen LogP contribution in [-0.2, 0) is 11.0 Å². The van der Waals surface area contributed by atoms with Crippen LogP contribution in [0.5, 0.6) is 0 Å². The molecule has 0 spiro atoms. The summed E-state index contributed by atoms with van der Waals surface area (Å²) in [5, 5.41) is 8.65. The van der Waals surface area contributed by atoms with Crippen LogP contribution in [-0.4, -0.2) is 58.6 Å². The van der Waals surface area contributed by atoms with E-state index in [0.717, 1.165) is 13.0 Å². The van der Waals surface area contributed by atoms with Gasteiger partial charge in [0.1, 0.15) is 11.0 Å². The van der Waals surface area contributed by atoms with Crippen LogP contribution in [0.1, 0.15) is 37.6 Å². The predicted octanol–water partition coefficient (Wildman–Crippen LogP) is 4.62. The molecule has 2 atom stereocenters. The van der Waals surface area contributed by atoms with E-state index < -0.39 is 11.0 Å². The molecule has 1 N–H and O–H groups in total. The molecular formula is C25H39N5O2S. The summed E-state index contributed by atoms with van der Waals surface area (Å²) in [7, 11) is 0.460. The summed E-state index contributed by atoms with van der Waals surface area (Å²) >= 11 is 0. The molecule has 1 aliphatic rings. The number of benzene rings is 1. The maximum Gasteiger partial charge on any atom is 0.253 e. The highest BCUT2D eigenvalue weighted by Crippen LogP contribution is 2.15. The Labute approximate surface area is 202 Å². The Morgan fingerprint density at radius 1 is 1.24 bits per heavy atom. The molecule has 0 aromatic heterocycles. The molecule has 182 valence electrons. The van der Waals surface area contributed by atoms with Crippen LogP contribution in [0.2, 0.25) is 0 Å². The molecule has 8 heteroatoms. The van der Waals surface area contributed by atoms with Crippen LogP contribution in [0.25, 0.3) is 0 Å². The van der Waals surface area contributed by atoms with E-state index in [1.54, 1.807) is 24.6 Å². The molecule has 2 rings (SSSR count). The first-order chi connectivity index (χ1) is 16.0. The summed E-state index contributed by atoms with van der Waals surface area (Å²) in [6, 6.07) is 9.33. The number of piperazine rings is 1. The van der Waals surface area contributed by atoms with Crippen molar-refractivity contribution in [1.29, 1.82) is 0 Å². The Hall–Kier alpha value is -3.02. The number of allylic oxidation sites excluding steroid dienone is 2. The van der Waals surface area contributed by atoms with Gasteiger partial charge < -0.3 is 4.90 Å². The van der Waals surface area contributed by atoms with E-state index in [0.29, 0.717) is 25.2 Å². The van der Waals surface area contributed by atoms with E-state index in [4.69, 9.17) is 0 Å².